The fraction of sp³-hybridized carbons (Fsp3) is 0.750. The topological polar surface area (TPSA) is 43.4 Å². The molecule has 0 spiro atoms. The molecule has 4 unspecified atom stereocenters. The highest BCUT2D eigenvalue weighted by atomic mass is 16.5. The van der Waals surface area contributed by atoms with E-state index in [4.69, 9.17) is 4.74 Å². The average molecular weight is 266 g/mol. The maximum atomic E-state index is 11.6. The van der Waals surface area contributed by atoms with Crippen molar-refractivity contribution >= 4 is 11.8 Å². The zero-order chi connectivity index (χ0) is 14.6. The number of ether oxygens (including phenoxy) is 1. The van der Waals surface area contributed by atoms with Gasteiger partial charge in [0.25, 0.3) is 0 Å². The first-order valence-corrected chi connectivity index (χ1v) is 7.20. The summed E-state index contributed by atoms with van der Waals surface area (Å²) in [6.45, 7) is 9.65. The van der Waals surface area contributed by atoms with E-state index < -0.39 is 0 Å². The Morgan fingerprint density at radius 3 is 2.63 bits per heavy atom. The highest BCUT2D eigenvalue weighted by molar-refractivity contribution is 5.77. The van der Waals surface area contributed by atoms with Crippen LogP contribution in [0.3, 0.4) is 0 Å². The van der Waals surface area contributed by atoms with Crippen molar-refractivity contribution in [2.24, 2.45) is 17.8 Å². The van der Waals surface area contributed by atoms with E-state index in [9.17, 15) is 9.59 Å². The summed E-state index contributed by atoms with van der Waals surface area (Å²) in [4.78, 5) is 22.8. The fourth-order valence-corrected chi connectivity index (χ4v) is 2.56. The molecule has 108 valence electrons. The predicted molar refractivity (Wildman–Crippen MR) is 75.7 cm³/mol. The molecular weight excluding hydrogens is 240 g/mol. The largest absolute Gasteiger partial charge is 0.457 e. The molecule has 1 aliphatic rings. The maximum absolute atomic E-state index is 11.6. The van der Waals surface area contributed by atoms with Gasteiger partial charge in [-0.3, -0.25) is 9.59 Å². The van der Waals surface area contributed by atoms with Crippen LogP contribution in [-0.4, -0.2) is 17.9 Å². The van der Waals surface area contributed by atoms with Crippen molar-refractivity contribution in [1.29, 1.82) is 0 Å². The SMILES string of the molecule is CC(=O)C(C)CCC=C(C)C1OC(=O)C(C)CC1C. The zero-order valence-corrected chi connectivity index (χ0v) is 12.7. The number of hydrogen-bond donors (Lipinski definition) is 0. The molecule has 1 aliphatic heterocycles. The van der Waals surface area contributed by atoms with Crippen LogP contribution in [0.2, 0.25) is 0 Å². The van der Waals surface area contributed by atoms with Crippen LogP contribution in [0.25, 0.3) is 0 Å². The van der Waals surface area contributed by atoms with E-state index in [1.807, 2.05) is 20.8 Å². The monoisotopic (exact) mass is 266 g/mol. The van der Waals surface area contributed by atoms with E-state index >= 15 is 0 Å². The molecule has 1 saturated heterocycles. The van der Waals surface area contributed by atoms with Crippen molar-refractivity contribution in [3.05, 3.63) is 11.6 Å². The molecule has 1 rings (SSSR count). The first kappa shape index (κ1) is 15.9. The summed E-state index contributed by atoms with van der Waals surface area (Å²) in [7, 11) is 0. The van der Waals surface area contributed by atoms with Gasteiger partial charge in [0.1, 0.15) is 11.9 Å². The molecule has 0 N–H and O–H groups in total. The van der Waals surface area contributed by atoms with Crippen molar-refractivity contribution in [3.8, 4) is 0 Å². The minimum Gasteiger partial charge on any atom is -0.457 e. The van der Waals surface area contributed by atoms with E-state index in [0.717, 1.165) is 24.8 Å². The van der Waals surface area contributed by atoms with Crippen LogP contribution in [0.4, 0.5) is 0 Å². The molecule has 3 heteroatoms. The molecule has 1 fully saturated rings. The molecule has 3 nitrogen and oxygen atoms in total. The van der Waals surface area contributed by atoms with Crippen LogP contribution < -0.4 is 0 Å². The number of Topliss-reactive ketones (excluding diaryl/α,β-unsaturated/α-hetero) is 1. The molecule has 0 saturated carbocycles. The second kappa shape index (κ2) is 6.88. The Kier molecular flexibility index (Phi) is 5.77. The second-order valence-corrected chi connectivity index (χ2v) is 6.01. The average Bonchev–Trinajstić information content (AvgIpc) is 2.33. The Labute approximate surface area is 116 Å². The standard InChI is InChI=1S/C16H26O3/c1-10(14(5)17)7-6-8-11(2)15-12(3)9-13(4)16(18)19-15/h8,10,12-13,15H,6-7,9H2,1-5H3. The molecule has 0 aliphatic carbocycles. The van der Waals surface area contributed by atoms with E-state index in [1.54, 1.807) is 6.92 Å². The van der Waals surface area contributed by atoms with E-state index in [1.165, 1.54) is 0 Å². The molecular formula is C16H26O3. The second-order valence-electron chi connectivity index (χ2n) is 6.01. The lowest BCUT2D eigenvalue weighted by atomic mass is 9.86. The summed E-state index contributed by atoms with van der Waals surface area (Å²) >= 11 is 0. The Morgan fingerprint density at radius 1 is 1.42 bits per heavy atom. The number of allylic oxidation sites excluding steroid dienone is 1. The molecule has 19 heavy (non-hydrogen) atoms. The molecule has 0 aromatic carbocycles. The molecule has 0 amide bonds. The summed E-state index contributed by atoms with van der Waals surface area (Å²) < 4.78 is 5.50. The molecule has 0 radical (unpaired) electrons. The first-order valence-electron chi connectivity index (χ1n) is 7.20. The van der Waals surface area contributed by atoms with Gasteiger partial charge in [-0.1, -0.05) is 26.8 Å². The lowest BCUT2D eigenvalue weighted by Crippen LogP contribution is -2.36. The van der Waals surface area contributed by atoms with Gasteiger partial charge in [0.05, 0.1) is 5.92 Å². The van der Waals surface area contributed by atoms with Gasteiger partial charge < -0.3 is 4.74 Å². The van der Waals surface area contributed by atoms with Gasteiger partial charge in [0.2, 0.25) is 0 Å². The quantitative estimate of drug-likeness (QED) is 0.565. The van der Waals surface area contributed by atoms with Crippen LogP contribution in [0, 0.1) is 17.8 Å². The lowest BCUT2D eigenvalue weighted by Gasteiger charge is -2.32. The van der Waals surface area contributed by atoms with Gasteiger partial charge in [-0.05, 0) is 44.6 Å². The Hall–Kier alpha value is -1.12. The normalized spacial score (nSPS) is 29.8. The third-order valence-corrected chi connectivity index (χ3v) is 4.10. The Morgan fingerprint density at radius 2 is 2.05 bits per heavy atom. The van der Waals surface area contributed by atoms with Gasteiger partial charge in [0, 0.05) is 5.92 Å². The van der Waals surface area contributed by atoms with Crippen LogP contribution >= 0.6 is 0 Å². The smallest absolute Gasteiger partial charge is 0.309 e. The summed E-state index contributed by atoms with van der Waals surface area (Å²) in [6, 6.07) is 0. The molecule has 1 heterocycles. The summed E-state index contributed by atoms with van der Waals surface area (Å²) in [6.07, 6.45) is 4.64. The summed E-state index contributed by atoms with van der Waals surface area (Å²) in [5.41, 5.74) is 1.11. The van der Waals surface area contributed by atoms with Crippen LogP contribution in [0.1, 0.15) is 53.9 Å². The van der Waals surface area contributed by atoms with Crippen molar-refractivity contribution in [2.45, 2.75) is 60.0 Å². The third kappa shape index (κ3) is 4.48. The lowest BCUT2D eigenvalue weighted by molar-refractivity contribution is -0.161. The first-order chi connectivity index (χ1) is 8.82. The maximum Gasteiger partial charge on any atom is 0.309 e. The van der Waals surface area contributed by atoms with Gasteiger partial charge in [0.15, 0.2) is 0 Å². The number of cyclic esters (lactones) is 1. The minimum atomic E-state index is -0.0899. The fourth-order valence-electron chi connectivity index (χ4n) is 2.56. The van der Waals surface area contributed by atoms with Crippen molar-refractivity contribution in [3.63, 3.8) is 0 Å². The highest BCUT2D eigenvalue weighted by Crippen LogP contribution is 2.30. The molecule has 0 bridgehead atoms. The van der Waals surface area contributed by atoms with Crippen molar-refractivity contribution in [2.75, 3.05) is 0 Å². The molecule has 0 aromatic heterocycles. The Balaban J connectivity index is 2.54. The Bertz CT molecular complexity index is 370. The van der Waals surface area contributed by atoms with Crippen molar-refractivity contribution < 1.29 is 14.3 Å². The number of ketones is 1. The van der Waals surface area contributed by atoms with Gasteiger partial charge in [-0.25, -0.2) is 0 Å². The number of esters is 1. The van der Waals surface area contributed by atoms with Gasteiger partial charge in [-0.15, -0.1) is 0 Å². The summed E-state index contributed by atoms with van der Waals surface area (Å²) in [5.74, 6) is 0.631. The summed E-state index contributed by atoms with van der Waals surface area (Å²) in [5, 5.41) is 0. The van der Waals surface area contributed by atoms with Crippen molar-refractivity contribution in [1.82, 2.24) is 0 Å². The number of carbonyl (C=O) groups is 2. The van der Waals surface area contributed by atoms with E-state index in [-0.39, 0.29) is 29.7 Å². The van der Waals surface area contributed by atoms with Gasteiger partial charge in [-0.2, -0.15) is 0 Å². The number of rotatable bonds is 5. The molecule has 4 atom stereocenters. The number of hydrogen-bond acceptors (Lipinski definition) is 3. The van der Waals surface area contributed by atoms with Crippen LogP contribution in [0.5, 0.6) is 0 Å². The van der Waals surface area contributed by atoms with E-state index in [2.05, 4.69) is 13.0 Å². The number of carbonyl (C=O) groups excluding carboxylic acids is 2. The molecule has 0 aromatic rings. The highest BCUT2D eigenvalue weighted by Gasteiger charge is 2.33. The van der Waals surface area contributed by atoms with Gasteiger partial charge >= 0.3 is 5.97 Å². The third-order valence-electron chi connectivity index (χ3n) is 4.10. The predicted octanol–water partition coefficient (Wildman–Crippen LogP) is 3.53. The zero-order valence-electron chi connectivity index (χ0n) is 12.7. The van der Waals surface area contributed by atoms with E-state index in [0.29, 0.717) is 5.92 Å². The minimum absolute atomic E-state index is 0.0109. The van der Waals surface area contributed by atoms with Crippen LogP contribution in [-0.2, 0) is 14.3 Å². The van der Waals surface area contributed by atoms with Crippen LogP contribution in [0.15, 0.2) is 11.6 Å².